The topological polar surface area (TPSA) is 114 Å². The second kappa shape index (κ2) is 9.51. The summed E-state index contributed by atoms with van der Waals surface area (Å²) in [7, 11) is 2.84. The quantitative estimate of drug-likeness (QED) is 0.612. The lowest BCUT2D eigenvalue weighted by Crippen LogP contribution is -2.46. The summed E-state index contributed by atoms with van der Waals surface area (Å²) in [6.45, 7) is 3.36. The molecule has 1 atom stereocenters. The average molecular weight is 352 g/mol. The molecule has 0 aliphatic carbocycles. The van der Waals surface area contributed by atoms with Gasteiger partial charge in [0.25, 0.3) is 5.91 Å². The number of benzene rings is 1. The highest BCUT2D eigenvalue weighted by molar-refractivity contribution is 6.01. The first kappa shape index (κ1) is 20.3. The number of carbonyl (C=O) groups excluding carboxylic acids is 2. The van der Waals surface area contributed by atoms with Gasteiger partial charge in [-0.2, -0.15) is 0 Å². The van der Waals surface area contributed by atoms with Gasteiger partial charge in [0.05, 0.1) is 20.8 Å². The second-order valence-electron chi connectivity index (χ2n) is 5.81. The molecule has 0 heterocycles. The Morgan fingerprint density at radius 1 is 1.12 bits per heavy atom. The van der Waals surface area contributed by atoms with Crippen LogP contribution in [-0.2, 0) is 9.59 Å². The number of hydrogen-bond acceptors (Lipinski definition) is 5. The van der Waals surface area contributed by atoms with Gasteiger partial charge in [0.1, 0.15) is 23.1 Å². The Morgan fingerprint density at radius 3 is 2.12 bits per heavy atom. The molecule has 1 aromatic carbocycles. The molecule has 1 rings (SSSR count). The van der Waals surface area contributed by atoms with Gasteiger partial charge in [0.2, 0.25) is 5.91 Å². The summed E-state index contributed by atoms with van der Waals surface area (Å²) in [5.74, 6) is -1.54. The molecule has 138 valence electrons. The van der Waals surface area contributed by atoms with Crippen molar-refractivity contribution >= 4 is 17.8 Å². The van der Waals surface area contributed by atoms with Crippen LogP contribution in [0.15, 0.2) is 18.2 Å². The van der Waals surface area contributed by atoms with Crippen LogP contribution in [0.3, 0.4) is 0 Å². The van der Waals surface area contributed by atoms with Gasteiger partial charge in [-0.1, -0.05) is 19.9 Å². The van der Waals surface area contributed by atoms with Crippen LogP contribution in [0, 0.1) is 5.92 Å². The molecule has 0 fully saturated rings. The molecule has 0 radical (unpaired) electrons. The lowest BCUT2D eigenvalue weighted by Gasteiger charge is -2.17. The van der Waals surface area contributed by atoms with Crippen LogP contribution < -0.4 is 20.1 Å². The zero-order valence-electron chi connectivity index (χ0n) is 14.8. The van der Waals surface area contributed by atoms with Gasteiger partial charge in [-0.25, -0.2) is 4.79 Å². The highest BCUT2D eigenvalue weighted by Gasteiger charge is 2.22. The van der Waals surface area contributed by atoms with Crippen LogP contribution in [0.1, 0.15) is 30.6 Å². The number of nitrogens with one attached hydrogen (secondary N) is 2. The highest BCUT2D eigenvalue weighted by Crippen LogP contribution is 2.27. The molecule has 8 heteroatoms. The van der Waals surface area contributed by atoms with Crippen molar-refractivity contribution in [2.24, 2.45) is 5.92 Å². The van der Waals surface area contributed by atoms with Crippen LogP contribution in [0.25, 0.3) is 0 Å². The number of rotatable bonds is 9. The summed E-state index contributed by atoms with van der Waals surface area (Å²) in [6.07, 6.45) is 0.301. The molecule has 0 saturated carbocycles. The molecule has 0 bridgehead atoms. The summed E-state index contributed by atoms with van der Waals surface area (Å²) >= 11 is 0. The Kier molecular flexibility index (Phi) is 7.71. The standard InChI is InChI=1S/C17H24N2O6/c1-10(2)8-11(17(22)23)19-14(20)9-18-16(21)15-12(24-3)6-5-7-13(15)25-4/h5-7,10-11H,8-9H2,1-4H3,(H,18,21)(H,19,20)(H,22,23)/t11-/m0/s1. The van der Waals surface area contributed by atoms with Crippen molar-refractivity contribution < 1.29 is 29.0 Å². The lowest BCUT2D eigenvalue weighted by atomic mass is 10.0. The van der Waals surface area contributed by atoms with Gasteiger partial charge >= 0.3 is 5.97 Å². The smallest absolute Gasteiger partial charge is 0.326 e. The van der Waals surface area contributed by atoms with E-state index in [9.17, 15) is 14.4 Å². The summed E-state index contributed by atoms with van der Waals surface area (Å²) in [6, 6.07) is 3.87. The van der Waals surface area contributed by atoms with Gasteiger partial charge < -0.3 is 25.2 Å². The number of amides is 2. The zero-order valence-corrected chi connectivity index (χ0v) is 14.8. The van der Waals surface area contributed by atoms with Crippen LogP contribution in [-0.4, -0.2) is 49.7 Å². The molecule has 0 spiro atoms. The molecule has 0 aromatic heterocycles. The maximum atomic E-state index is 12.3. The normalized spacial score (nSPS) is 11.6. The van der Waals surface area contributed by atoms with Crippen molar-refractivity contribution in [3.05, 3.63) is 23.8 Å². The van der Waals surface area contributed by atoms with Gasteiger partial charge in [-0.15, -0.1) is 0 Å². The lowest BCUT2D eigenvalue weighted by molar-refractivity contribution is -0.142. The van der Waals surface area contributed by atoms with Crippen molar-refractivity contribution in [2.75, 3.05) is 20.8 Å². The molecule has 0 unspecified atom stereocenters. The van der Waals surface area contributed by atoms with E-state index in [0.29, 0.717) is 17.9 Å². The third-order valence-corrected chi connectivity index (χ3v) is 3.40. The van der Waals surface area contributed by atoms with Crippen molar-refractivity contribution in [2.45, 2.75) is 26.3 Å². The Balaban J connectivity index is 2.73. The molecule has 1 aromatic rings. The molecule has 0 aliphatic rings. The first-order chi connectivity index (χ1) is 11.8. The number of ether oxygens (including phenoxy) is 2. The van der Waals surface area contributed by atoms with Gasteiger partial charge in [-0.05, 0) is 24.5 Å². The number of carboxylic acids is 1. The van der Waals surface area contributed by atoms with E-state index >= 15 is 0 Å². The number of carboxylic acid groups (broad SMARTS) is 1. The van der Waals surface area contributed by atoms with E-state index in [1.165, 1.54) is 14.2 Å². The minimum Gasteiger partial charge on any atom is -0.496 e. The van der Waals surface area contributed by atoms with E-state index in [0.717, 1.165) is 0 Å². The monoisotopic (exact) mass is 352 g/mol. The van der Waals surface area contributed by atoms with Crippen LogP contribution in [0.2, 0.25) is 0 Å². The fourth-order valence-corrected chi connectivity index (χ4v) is 2.26. The van der Waals surface area contributed by atoms with E-state index in [4.69, 9.17) is 14.6 Å². The summed E-state index contributed by atoms with van der Waals surface area (Å²) in [5, 5.41) is 14.0. The van der Waals surface area contributed by atoms with E-state index < -0.39 is 23.8 Å². The Bertz CT molecular complexity index is 607. The van der Waals surface area contributed by atoms with Crippen molar-refractivity contribution in [1.82, 2.24) is 10.6 Å². The molecule has 25 heavy (non-hydrogen) atoms. The number of aliphatic carboxylic acids is 1. The van der Waals surface area contributed by atoms with E-state index in [1.54, 1.807) is 18.2 Å². The second-order valence-corrected chi connectivity index (χ2v) is 5.81. The van der Waals surface area contributed by atoms with Gasteiger partial charge in [0, 0.05) is 0 Å². The minimum absolute atomic E-state index is 0.105. The molecule has 0 aliphatic heterocycles. The molecule has 3 N–H and O–H groups in total. The molecule has 2 amide bonds. The molecular weight excluding hydrogens is 328 g/mol. The van der Waals surface area contributed by atoms with Gasteiger partial charge in [0.15, 0.2) is 0 Å². The molecular formula is C17H24N2O6. The third kappa shape index (κ3) is 5.98. The minimum atomic E-state index is -1.11. The number of methoxy groups -OCH3 is 2. The first-order valence-corrected chi connectivity index (χ1v) is 7.81. The van der Waals surface area contributed by atoms with Crippen molar-refractivity contribution in [1.29, 1.82) is 0 Å². The van der Waals surface area contributed by atoms with Crippen LogP contribution >= 0.6 is 0 Å². The fraction of sp³-hybridized carbons (Fsp3) is 0.471. The van der Waals surface area contributed by atoms with Crippen LogP contribution in [0.5, 0.6) is 11.5 Å². The largest absolute Gasteiger partial charge is 0.496 e. The predicted molar refractivity (Wildman–Crippen MR) is 90.9 cm³/mol. The Hall–Kier alpha value is -2.77. The van der Waals surface area contributed by atoms with E-state index in [2.05, 4.69) is 10.6 Å². The fourth-order valence-electron chi connectivity index (χ4n) is 2.26. The summed E-state index contributed by atoms with van der Waals surface area (Å²) in [5.41, 5.74) is 0.164. The number of carbonyl (C=O) groups is 3. The highest BCUT2D eigenvalue weighted by atomic mass is 16.5. The summed E-state index contributed by atoms with van der Waals surface area (Å²) in [4.78, 5) is 35.4. The van der Waals surface area contributed by atoms with E-state index in [-0.39, 0.29) is 18.0 Å². The van der Waals surface area contributed by atoms with E-state index in [1.807, 2.05) is 13.8 Å². The maximum Gasteiger partial charge on any atom is 0.326 e. The molecule has 8 nitrogen and oxygen atoms in total. The average Bonchev–Trinajstić information content (AvgIpc) is 2.57. The predicted octanol–water partition coefficient (Wildman–Crippen LogP) is 1.05. The van der Waals surface area contributed by atoms with Crippen molar-refractivity contribution in [3.8, 4) is 11.5 Å². The Morgan fingerprint density at radius 2 is 1.68 bits per heavy atom. The van der Waals surface area contributed by atoms with Crippen LogP contribution in [0.4, 0.5) is 0 Å². The summed E-state index contributed by atoms with van der Waals surface area (Å²) < 4.78 is 10.3. The SMILES string of the molecule is COc1cccc(OC)c1C(=O)NCC(=O)N[C@@H](CC(C)C)C(=O)O. The Labute approximate surface area is 146 Å². The number of hydrogen-bond donors (Lipinski definition) is 3. The van der Waals surface area contributed by atoms with Crippen molar-refractivity contribution in [3.63, 3.8) is 0 Å². The zero-order chi connectivity index (χ0) is 19.0. The van der Waals surface area contributed by atoms with Gasteiger partial charge in [-0.3, -0.25) is 9.59 Å². The maximum absolute atomic E-state index is 12.3. The third-order valence-electron chi connectivity index (χ3n) is 3.40. The molecule has 0 saturated heterocycles. The first-order valence-electron chi connectivity index (χ1n) is 7.81.